The molecule has 1 fully saturated rings. The predicted molar refractivity (Wildman–Crippen MR) is 206 cm³/mol. The fourth-order valence-corrected chi connectivity index (χ4v) is 7.47. The van der Waals surface area contributed by atoms with Crippen molar-refractivity contribution in [3.63, 3.8) is 0 Å². The van der Waals surface area contributed by atoms with Crippen molar-refractivity contribution in [2.24, 2.45) is 4.99 Å². The van der Waals surface area contributed by atoms with Gasteiger partial charge >= 0.3 is 5.97 Å². The number of β-amino-alcohol motifs (C(OH)–C–C–N with tert-alkyl or cyclic N) is 1. The molecule has 1 saturated heterocycles. The second-order valence-corrected chi connectivity index (χ2v) is 15.8. The van der Waals surface area contributed by atoms with Crippen molar-refractivity contribution in [3.8, 4) is 5.75 Å². The van der Waals surface area contributed by atoms with Crippen LogP contribution in [0, 0.1) is 0 Å². The van der Waals surface area contributed by atoms with Crippen LogP contribution in [0.4, 0.5) is 0 Å². The molecule has 2 aromatic carbocycles. The first-order valence-electron chi connectivity index (χ1n) is 18.3. The maximum absolute atomic E-state index is 13.8. The van der Waals surface area contributed by atoms with Gasteiger partial charge in [0.15, 0.2) is 0 Å². The summed E-state index contributed by atoms with van der Waals surface area (Å²) in [6.07, 6.45) is 7.13. The maximum Gasteiger partial charge on any atom is 0.326 e. The summed E-state index contributed by atoms with van der Waals surface area (Å²) in [5.74, 6) is -0.547. The molecule has 3 aromatic rings. The Bertz CT molecular complexity index is 1760. The molecular formula is C41H52N4O6S. The zero-order valence-corrected chi connectivity index (χ0v) is 31.7. The van der Waals surface area contributed by atoms with Gasteiger partial charge in [0.2, 0.25) is 5.91 Å². The van der Waals surface area contributed by atoms with Crippen molar-refractivity contribution < 1.29 is 29.3 Å². The summed E-state index contributed by atoms with van der Waals surface area (Å²) in [5.41, 5.74) is 3.64. The van der Waals surface area contributed by atoms with Crippen molar-refractivity contribution >= 4 is 40.5 Å². The summed E-state index contributed by atoms with van der Waals surface area (Å²) in [6, 6.07) is 17.1. The number of aliphatic hydroxyl groups excluding tert-OH is 1. The Morgan fingerprint density at radius 1 is 1.00 bits per heavy atom. The van der Waals surface area contributed by atoms with Crippen LogP contribution in [0.5, 0.6) is 5.75 Å². The number of nitrogens with zero attached hydrogens (tertiary/aromatic N) is 2. The van der Waals surface area contributed by atoms with Crippen LogP contribution >= 0.6 is 11.3 Å². The summed E-state index contributed by atoms with van der Waals surface area (Å²) in [7, 11) is 0. The van der Waals surface area contributed by atoms with E-state index in [9.17, 15) is 24.6 Å². The number of hydrogen-bond donors (Lipinski definition) is 4. The Kier molecular flexibility index (Phi) is 12.9. The number of likely N-dealkylation sites (tertiary alicyclic amines) is 1. The van der Waals surface area contributed by atoms with Crippen molar-refractivity contribution in [2.45, 2.75) is 109 Å². The first-order valence-corrected chi connectivity index (χ1v) is 19.1. The van der Waals surface area contributed by atoms with Gasteiger partial charge < -0.3 is 30.5 Å². The number of amidine groups is 1. The van der Waals surface area contributed by atoms with E-state index in [2.05, 4.69) is 57.4 Å². The SMILES string of the molecule is CCCCCCCOc1ccc(C2=CNC(c3ccc(C[C@H](NC(=O)c4ccc(C(C)(C)C)s4)C(=O)N4C[C@H](O)C[C@H]4C(=O)O)cc3)=NC2C)cc1. The molecule has 52 heavy (non-hydrogen) atoms. The Morgan fingerprint density at radius 3 is 2.33 bits per heavy atom. The largest absolute Gasteiger partial charge is 0.494 e. The van der Waals surface area contributed by atoms with Crippen LogP contribution in [0.3, 0.4) is 0 Å². The summed E-state index contributed by atoms with van der Waals surface area (Å²) in [5, 5.41) is 26.2. The number of ether oxygens (including phenoxy) is 1. The zero-order valence-electron chi connectivity index (χ0n) is 30.9. The predicted octanol–water partition coefficient (Wildman–Crippen LogP) is 6.56. The van der Waals surface area contributed by atoms with Gasteiger partial charge in [0.25, 0.3) is 5.91 Å². The molecule has 5 rings (SSSR count). The minimum absolute atomic E-state index is 0.0566. The first kappa shape index (κ1) is 38.7. The molecule has 4 atom stereocenters. The van der Waals surface area contributed by atoms with Crippen molar-refractivity contribution in [3.05, 3.63) is 93.3 Å². The number of hydrogen-bond acceptors (Lipinski definition) is 8. The zero-order chi connectivity index (χ0) is 37.4. The maximum atomic E-state index is 13.8. The minimum atomic E-state index is -1.19. The van der Waals surface area contributed by atoms with Crippen molar-refractivity contribution in [2.75, 3.05) is 13.2 Å². The molecule has 1 aromatic heterocycles. The van der Waals surface area contributed by atoms with Gasteiger partial charge in [0.1, 0.15) is 23.7 Å². The van der Waals surface area contributed by atoms with Crippen LogP contribution < -0.4 is 15.4 Å². The lowest BCUT2D eigenvalue weighted by atomic mass is 9.95. The van der Waals surface area contributed by atoms with E-state index in [1.807, 2.05) is 48.7 Å². The molecule has 2 aliphatic rings. The van der Waals surface area contributed by atoms with Crippen LogP contribution in [-0.4, -0.2) is 76.1 Å². The van der Waals surface area contributed by atoms with Crippen LogP contribution in [0.25, 0.3) is 5.57 Å². The average Bonchev–Trinajstić information content (AvgIpc) is 3.78. The molecule has 0 radical (unpaired) electrons. The van der Waals surface area contributed by atoms with Gasteiger partial charge in [-0.2, -0.15) is 0 Å². The van der Waals surface area contributed by atoms with Crippen LogP contribution in [0.15, 0.2) is 71.9 Å². The number of carboxylic acid groups (broad SMARTS) is 1. The normalized spacial score (nSPS) is 19.3. The fraction of sp³-hybridized carbons (Fsp3) is 0.463. The van der Waals surface area contributed by atoms with Crippen molar-refractivity contribution in [1.82, 2.24) is 15.5 Å². The van der Waals surface area contributed by atoms with Gasteiger partial charge in [-0.05, 0) is 59.7 Å². The van der Waals surface area contributed by atoms with E-state index in [0.29, 0.717) is 4.88 Å². The fourth-order valence-electron chi connectivity index (χ4n) is 6.51. The van der Waals surface area contributed by atoms with E-state index >= 15 is 0 Å². The summed E-state index contributed by atoms with van der Waals surface area (Å²) in [4.78, 5) is 46.8. The molecule has 0 saturated carbocycles. The smallest absolute Gasteiger partial charge is 0.326 e. The van der Waals surface area contributed by atoms with E-state index in [1.54, 1.807) is 6.07 Å². The number of benzene rings is 2. The standard InChI is InChI=1S/C41H52N4O6S/c1-6-7-8-9-10-21-51-31-17-15-28(16-18-31)32-24-42-37(43-26(32)2)29-13-11-27(12-14-29)22-33(39(48)45-25-30(46)23-34(45)40(49)50)44-38(47)35-19-20-36(52-35)41(3,4)5/h11-20,24,26,30,33-34,46H,6-10,21-23,25H2,1-5H3,(H,42,43)(H,44,47)(H,49,50)/t26?,30-,33+,34+/m1/s1. The van der Waals surface area contributed by atoms with Gasteiger partial charge in [-0.15, -0.1) is 11.3 Å². The van der Waals surface area contributed by atoms with E-state index in [0.717, 1.165) is 51.8 Å². The lowest BCUT2D eigenvalue weighted by Crippen LogP contribution is -2.52. The van der Waals surface area contributed by atoms with E-state index in [4.69, 9.17) is 9.73 Å². The van der Waals surface area contributed by atoms with Gasteiger partial charge in [0.05, 0.1) is 23.6 Å². The van der Waals surface area contributed by atoms with Crippen LogP contribution in [0.2, 0.25) is 0 Å². The molecular weight excluding hydrogens is 677 g/mol. The number of nitrogens with one attached hydrogen (secondary N) is 2. The highest BCUT2D eigenvalue weighted by atomic mass is 32.1. The number of unbranched alkanes of at least 4 members (excludes halogenated alkanes) is 4. The van der Waals surface area contributed by atoms with Crippen LogP contribution in [0.1, 0.15) is 104 Å². The number of aliphatic hydroxyl groups is 1. The number of carboxylic acids is 1. The number of carbonyl (C=O) groups is 3. The first-order chi connectivity index (χ1) is 24.8. The van der Waals surface area contributed by atoms with Gasteiger partial charge in [-0.3, -0.25) is 14.6 Å². The third kappa shape index (κ3) is 9.89. The molecule has 278 valence electrons. The third-order valence-electron chi connectivity index (χ3n) is 9.53. The van der Waals surface area contributed by atoms with E-state index in [-0.39, 0.29) is 30.8 Å². The molecule has 11 heteroatoms. The monoisotopic (exact) mass is 728 g/mol. The second kappa shape index (κ2) is 17.4. The van der Waals surface area contributed by atoms with Gasteiger partial charge in [-0.1, -0.05) is 89.8 Å². The Morgan fingerprint density at radius 2 is 1.69 bits per heavy atom. The number of carbonyl (C=O) groups excluding carboxylic acids is 2. The highest BCUT2D eigenvalue weighted by Gasteiger charge is 2.41. The number of aliphatic carboxylic acids is 1. The Balaban J connectivity index is 1.25. The van der Waals surface area contributed by atoms with E-state index in [1.165, 1.54) is 41.9 Å². The quantitative estimate of drug-likeness (QED) is 0.130. The third-order valence-corrected chi connectivity index (χ3v) is 11.0. The lowest BCUT2D eigenvalue weighted by molar-refractivity contribution is -0.148. The minimum Gasteiger partial charge on any atom is -0.494 e. The number of aliphatic imine (C=N–C) groups is 1. The number of amides is 2. The Hall–Kier alpha value is -4.48. The molecule has 0 bridgehead atoms. The van der Waals surface area contributed by atoms with Gasteiger partial charge in [-0.25, -0.2) is 4.79 Å². The van der Waals surface area contributed by atoms with E-state index < -0.39 is 36.0 Å². The van der Waals surface area contributed by atoms with Gasteiger partial charge in [0, 0.05) is 36.0 Å². The summed E-state index contributed by atoms with van der Waals surface area (Å²) < 4.78 is 5.93. The lowest BCUT2D eigenvalue weighted by Gasteiger charge is -2.27. The topological polar surface area (TPSA) is 141 Å². The highest BCUT2D eigenvalue weighted by molar-refractivity contribution is 7.14. The second-order valence-electron chi connectivity index (χ2n) is 14.8. The molecule has 2 amide bonds. The average molecular weight is 729 g/mol. The van der Waals surface area contributed by atoms with Crippen LogP contribution in [-0.2, 0) is 21.4 Å². The molecule has 3 heterocycles. The number of rotatable bonds is 15. The molecule has 4 N–H and O–H groups in total. The van der Waals surface area contributed by atoms with Crippen molar-refractivity contribution in [1.29, 1.82) is 0 Å². The molecule has 1 unspecified atom stereocenters. The molecule has 0 spiro atoms. The highest BCUT2D eigenvalue weighted by Crippen LogP contribution is 2.30. The Labute approximate surface area is 311 Å². The molecule has 10 nitrogen and oxygen atoms in total. The summed E-state index contributed by atoms with van der Waals surface area (Å²) in [6.45, 7) is 11.1. The molecule has 0 aliphatic carbocycles. The molecule has 2 aliphatic heterocycles. The number of thiophene rings is 1. The summed E-state index contributed by atoms with van der Waals surface area (Å²) >= 11 is 1.37.